The molecule has 3 nitrogen and oxygen atoms in total. The van der Waals surface area contributed by atoms with Crippen LogP contribution in [0.3, 0.4) is 0 Å². The van der Waals surface area contributed by atoms with Crippen molar-refractivity contribution in [2.75, 3.05) is 7.11 Å². The molecule has 4 rings (SSSR count). The third kappa shape index (κ3) is 3.23. The van der Waals surface area contributed by atoms with Gasteiger partial charge >= 0.3 is 0 Å². The molecule has 3 heteroatoms. The average molecular weight is 367 g/mol. The molecular weight excluding hydrogens is 346 g/mol. The van der Waals surface area contributed by atoms with E-state index in [1.165, 1.54) is 0 Å². The van der Waals surface area contributed by atoms with Gasteiger partial charge in [0.1, 0.15) is 5.75 Å². The average Bonchev–Trinajstić information content (AvgIpc) is 2.76. The molecule has 138 valence electrons. The number of rotatable bonds is 4. The third-order valence-corrected chi connectivity index (χ3v) is 4.89. The summed E-state index contributed by atoms with van der Waals surface area (Å²) < 4.78 is 7.59. The van der Waals surface area contributed by atoms with Gasteiger partial charge in [-0.25, -0.2) is 0 Å². The zero-order chi connectivity index (χ0) is 19.5. The zero-order valence-corrected chi connectivity index (χ0v) is 15.9. The normalized spacial score (nSPS) is 10.6. The maximum atomic E-state index is 12.9. The van der Waals surface area contributed by atoms with Crippen molar-refractivity contribution in [3.8, 4) is 34.0 Å². The first-order valence-corrected chi connectivity index (χ1v) is 9.21. The molecule has 3 aromatic carbocycles. The lowest BCUT2D eigenvalue weighted by Gasteiger charge is -2.22. The Balaban J connectivity index is 2.13. The van der Waals surface area contributed by atoms with Gasteiger partial charge in [-0.3, -0.25) is 4.79 Å². The second-order valence-electron chi connectivity index (χ2n) is 6.64. The largest absolute Gasteiger partial charge is 0.497 e. The van der Waals surface area contributed by atoms with Crippen LogP contribution in [0.15, 0.2) is 95.8 Å². The Morgan fingerprint density at radius 2 is 1.39 bits per heavy atom. The van der Waals surface area contributed by atoms with Crippen molar-refractivity contribution >= 4 is 0 Å². The topological polar surface area (TPSA) is 31.2 Å². The van der Waals surface area contributed by atoms with Crippen LogP contribution in [0, 0.1) is 6.92 Å². The summed E-state index contributed by atoms with van der Waals surface area (Å²) in [7, 11) is 1.66. The molecular formula is C25H21NO2. The Hall–Kier alpha value is -3.59. The Morgan fingerprint density at radius 1 is 0.750 bits per heavy atom. The van der Waals surface area contributed by atoms with Crippen LogP contribution in [0.2, 0.25) is 0 Å². The van der Waals surface area contributed by atoms with Gasteiger partial charge in [0.25, 0.3) is 0 Å². The van der Waals surface area contributed by atoms with Crippen LogP contribution in [-0.4, -0.2) is 11.7 Å². The van der Waals surface area contributed by atoms with Crippen molar-refractivity contribution < 1.29 is 4.74 Å². The van der Waals surface area contributed by atoms with Crippen LogP contribution in [0.5, 0.6) is 5.75 Å². The summed E-state index contributed by atoms with van der Waals surface area (Å²) in [6.07, 6.45) is 0. The van der Waals surface area contributed by atoms with E-state index in [-0.39, 0.29) is 5.43 Å². The summed E-state index contributed by atoms with van der Waals surface area (Å²) in [5, 5.41) is 0. The molecule has 0 amide bonds. The van der Waals surface area contributed by atoms with E-state index in [4.69, 9.17) is 4.74 Å². The van der Waals surface area contributed by atoms with Gasteiger partial charge in [-0.05, 0) is 30.2 Å². The molecule has 0 unspecified atom stereocenters. The van der Waals surface area contributed by atoms with E-state index in [1.54, 1.807) is 13.2 Å². The van der Waals surface area contributed by atoms with Gasteiger partial charge in [0, 0.05) is 23.4 Å². The highest BCUT2D eigenvalue weighted by atomic mass is 16.5. The minimum atomic E-state index is 0.0249. The smallest absolute Gasteiger partial charge is 0.185 e. The van der Waals surface area contributed by atoms with Gasteiger partial charge < -0.3 is 9.30 Å². The lowest BCUT2D eigenvalue weighted by Crippen LogP contribution is -2.15. The Kier molecular flexibility index (Phi) is 4.81. The molecule has 0 aliphatic heterocycles. The minimum absolute atomic E-state index is 0.0249. The second-order valence-corrected chi connectivity index (χ2v) is 6.64. The summed E-state index contributed by atoms with van der Waals surface area (Å²) in [6, 6.07) is 29.6. The van der Waals surface area contributed by atoms with Gasteiger partial charge in [-0.2, -0.15) is 0 Å². The van der Waals surface area contributed by atoms with Crippen LogP contribution in [0.4, 0.5) is 0 Å². The van der Waals surface area contributed by atoms with Crippen LogP contribution in [0.25, 0.3) is 28.2 Å². The molecule has 1 heterocycles. The summed E-state index contributed by atoms with van der Waals surface area (Å²) in [6.45, 7) is 1.89. The predicted molar refractivity (Wildman–Crippen MR) is 114 cm³/mol. The van der Waals surface area contributed by atoms with E-state index in [1.807, 2.05) is 91.9 Å². The van der Waals surface area contributed by atoms with E-state index in [2.05, 4.69) is 4.57 Å². The number of hydrogen-bond acceptors (Lipinski definition) is 2. The standard InChI is InChI=1S/C25H21NO2/c1-18-24(27)17-23(19-10-5-3-6-11-19)26(21-14-9-15-22(16-21)28-2)25(18)20-12-7-4-8-13-20/h3-17H,1-2H3. The van der Waals surface area contributed by atoms with Crippen molar-refractivity contribution in [3.63, 3.8) is 0 Å². The third-order valence-electron chi connectivity index (χ3n) is 4.89. The van der Waals surface area contributed by atoms with E-state index < -0.39 is 0 Å². The van der Waals surface area contributed by atoms with E-state index >= 15 is 0 Å². The van der Waals surface area contributed by atoms with Crippen LogP contribution >= 0.6 is 0 Å². The number of aromatic nitrogens is 1. The SMILES string of the molecule is COc1cccc(-n2c(-c3ccccc3)cc(=O)c(C)c2-c2ccccc2)c1. The lowest BCUT2D eigenvalue weighted by atomic mass is 10.0. The zero-order valence-electron chi connectivity index (χ0n) is 15.9. The molecule has 28 heavy (non-hydrogen) atoms. The molecule has 0 bridgehead atoms. The molecule has 0 N–H and O–H groups in total. The molecule has 1 aromatic heterocycles. The fraction of sp³-hybridized carbons (Fsp3) is 0.0800. The Labute approximate surface area is 164 Å². The molecule has 0 aliphatic rings. The Morgan fingerprint density at radius 3 is 2.04 bits per heavy atom. The van der Waals surface area contributed by atoms with Crippen LogP contribution in [-0.2, 0) is 0 Å². The quantitative estimate of drug-likeness (QED) is 0.478. The second kappa shape index (κ2) is 7.57. The molecule has 4 aromatic rings. The van der Waals surface area contributed by atoms with E-state index in [9.17, 15) is 4.79 Å². The number of nitrogens with zero attached hydrogens (tertiary/aromatic N) is 1. The summed E-state index contributed by atoms with van der Waals surface area (Å²) in [5.41, 5.74) is 5.41. The highest BCUT2D eigenvalue weighted by molar-refractivity contribution is 5.73. The molecule has 0 spiro atoms. The number of ether oxygens (including phenoxy) is 1. The van der Waals surface area contributed by atoms with Gasteiger partial charge in [0.05, 0.1) is 18.5 Å². The first kappa shape index (κ1) is 17.8. The molecule has 0 saturated carbocycles. The maximum absolute atomic E-state index is 12.9. The molecule has 0 aliphatic carbocycles. The summed E-state index contributed by atoms with van der Waals surface area (Å²) in [5.74, 6) is 0.770. The lowest BCUT2D eigenvalue weighted by molar-refractivity contribution is 0.414. The molecule has 0 atom stereocenters. The fourth-order valence-corrected chi connectivity index (χ4v) is 3.48. The number of benzene rings is 3. The molecule has 0 fully saturated rings. The maximum Gasteiger partial charge on any atom is 0.185 e. The molecule has 0 saturated heterocycles. The van der Waals surface area contributed by atoms with Crippen molar-refractivity contribution in [1.29, 1.82) is 0 Å². The van der Waals surface area contributed by atoms with Crippen LogP contribution in [0.1, 0.15) is 5.56 Å². The van der Waals surface area contributed by atoms with Crippen molar-refractivity contribution in [1.82, 2.24) is 4.57 Å². The van der Waals surface area contributed by atoms with Gasteiger partial charge in [0.2, 0.25) is 0 Å². The highest BCUT2D eigenvalue weighted by Gasteiger charge is 2.17. The van der Waals surface area contributed by atoms with E-state index in [0.29, 0.717) is 5.56 Å². The van der Waals surface area contributed by atoms with Gasteiger partial charge in [0.15, 0.2) is 5.43 Å². The summed E-state index contributed by atoms with van der Waals surface area (Å²) in [4.78, 5) is 12.9. The summed E-state index contributed by atoms with van der Waals surface area (Å²) >= 11 is 0. The minimum Gasteiger partial charge on any atom is -0.497 e. The monoisotopic (exact) mass is 367 g/mol. The number of pyridine rings is 1. The fourth-order valence-electron chi connectivity index (χ4n) is 3.48. The van der Waals surface area contributed by atoms with Crippen molar-refractivity contribution in [2.24, 2.45) is 0 Å². The highest BCUT2D eigenvalue weighted by Crippen LogP contribution is 2.32. The van der Waals surface area contributed by atoms with Crippen LogP contribution < -0.4 is 10.2 Å². The van der Waals surface area contributed by atoms with E-state index in [0.717, 1.165) is 34.0 Å². The molecule has 0 radical (unpaired) electrons. The van der Waals surface area contributed by atoms with Crippen molar-refractivity contribution in [2.45, 2.75) is 6.92 Å². The van der Waals surface area contributed by atoms with Gasteiger partial charge in [-0.1, -0.05) is 66.7 Å². The number of methoxy groups -OCH3 is 1. The Bertz CT molecular complexity index is 1160. The predicted octanol–water partition coefficient (Wildman–Crippen LogP) is 5.49. The first-order valence-electron chi connectivity index (χ1n) is 9.21. The van der Waals surface area contributed by atoms with Crippen molar-refractivity contribution in [3.05, 3.63) is 107 Å². The first-order chi connectivity index (χ1) is 13.7. The van der Waals surface area contributed by atoms with Gasteiger partial charge in [-0.15, -0.1) is 0 Å². The number of hydrogen-bond donors (Lipinski definition) is 0.